The minimum Gasteiger partial charge on any atom is -0.340 e. The first kappa shape index (κ1) is 15.1. The summed E-state index contributed by atoms with van der Waals surface area (Å²) < 4.78 is 0. The third-order valence-electron chi connectivity index (χ3n) is 3.05. The van der Waals surface area contributed by atoms with Gasteiger partial charge in [0.05, 0.1) is 5.56 Å². The van der Waals surface area contributed by atoms with Crippen LogP contribution in [0.4, 0.5) is 0 Å². The van der Waals surface area contributed by atoms with Gasteiger partial charge in [0.1, 0.15) is 0 Å². The molecule has 0 saturated heterocycles. The third-order valence-corrected chi connectivity index (χ3v) is 3.05. The molecule has 0 fully saturated rings. The zero-order valence-electron chi connectivity index (χ0n) is 12.5. The van der Waals surface area contributed by atoms with E-state index >= 15 is 0 Å². The van der Waals surface area contributed by atoms with Gasteiger partial charge >= 0.3 is 0 Å². The molecule has 0 aliphatic rings. The van der Waals surface area contributed by atoms with Crippen LogP contribution in [-0.4, -0.2) is 64.9 Å². The molecule has 0 aliphatic heterocycles. The monoisotopic (exact) mass is 285 g/mol. The first-order valence-corrected chi connectivity index (χ1v) is 6.70. The summed E-state index contributed by atoms with van der Waals surface area (Å²) in [6.07, 6.45) is 6.51. The maximum atomic E-state index is 12.2. The molecule has 2 heterocycles. The van der Waals surface area contributed by atoms with Crippen molar-refractivity contribution in [2.45, 2.75) is 0 Å². The lowest BCUT2D eigenvalue weighted by Crippen LogP contribution is -2.33. The quantitative estimate of drug-likeness (QED) is 0.825. The van der Waals surface area contributed by atoms with Crippen molar-refractivity contribution in [2.24, 2.45) is 0 Å². The van der Waals surface area contributed by atoms with Gasteiger partial charge in [-0.1, -0.05) is 0 Å². The topological polar surface area (TPSA) is 62.2 Å². The van der Waals surface area contributed by atoms with Gasteiger partial charge in [-0.25, -0.2) is 9.97 Å². The Labute approximate surface area is 124 Å². The van der Waals surface area contributed by atoms with Crippen molar-refractivity contribution in [2.75, 3.05) is 34.2 Å². The lowest BCUT2D eigenvalue weighted by molar-refractivity contribution is 0.0785. The zero-order valence-corrected chi connectivity index (χ0v) is 12.5. The normalized spacial score (nSPS) is 10.7. The fourth-order valence-corrected chi connectivity index (χ4v) is 1.75. The van der Waals surface area contributed by atoms with Gasteiger partial charge in [0, 0.05) is 50.5 Å². The first-order chi connectivity index (χ1) is 10.1. The van der Waals surface area contributed by atoms with Gasteiger partial charge in [-0.05, 0) is 26.2 Å². The summed E-state index contributed by atoms with van der Waals surface area (Å²) in [6, 6.07) is 3.71. The number of carbonyl (C=O) groups excluding carboxylic acids is 1. The van der Waals surface area contributed by atoms with Crippen LogP contribution in [0.3, 0.4) is 0 Å². The fraction of sp³-hybridized carbons (Fsp3) is 0.333. The average Bonchev–Trinajstić information content (AvgIpc) is 2.53. The second kappa shape index (κ2) is 6.90. The summed E-state index contributed by atoms with van der Waals surface area (Å²) in [5.74, 6) is 0.491. The molecule has 21 heavy (non-hydrogen) atoms. The number of carbonyl (C=O) groups is 1. The van der Waals surface area contributed by atoms with Crippen LogP contribution >= 0.6 is 0 Å². The summed E-state index contributed by atoms with van der Waals surface area (Å²) in [5.41, 5.74) is 1.32. The molecule has 0 radical (unpaired) electrons. The molecule has 0 bridgehead atoms. The predicted molar refractivity (Wildman–Crippen MR) is 80.8 cm³/mol. The summed E-state index contributed by atoms with van der Waals surface area (Å²) in [7, 11) is 5.73. The Kier molecular flexibility index (Phi) is 4.94. The smallest absolute Gasteiger partial charge is 0.256 e. The molecule has 0 saturated carbocycles. The fourth-order valence-electron chi connectivity index (χ4n) is 1.75. The van der Waals surface area contributed by atoms with Gasteiger partial charge in [-0.15, -0.1) is 0 Å². The highest BCUT2D eigenvalue weighted by atomic mass is 16.2. The molecule has 2 rings (SSSR count). The lowest BCUT2D eigenvalue weighted by Gasteiger charge is -2.19. The van der Waals surface area contributed by atoms with E-state index in [9.17, 15) is 4.79 Å². The molecule has 2 aromatic heterocycles. The molecule has 0 spiro atoms. The van der Waals surface area contributed by atoms with E-state index in [1.54, 1.807) is 36.7 Å². The number of hydrogen-bond acceptors (Lipinski definition) is 5. The van der Waals surface area contributed by atoms with Crippen molar-refractivity contribution >= 4 is 5.91 Å². The van der Waals surface area contributed by atoms with E-state index in [1.165, 1.54) is 0 Å². The van der Waals surface area contributed by atoms with E-state index in [2.05, 4.69) is 15.0 Å². The molecule has 1 amide bonds. The predicted octanol–water partition coefficient (Wildman–Crippen LogP) is 1.17. The van der Waals surface area contributed by atoms with Crippen LogP contribution in [0.25, 0.3) is 11.4 Å². The third kappa shape index (κ3) is 4.06. The Morgan fingerprint density at radius 2 is 1.81 bits per heavy atom. The minimum atomic E-state index is -0.0745. The number of pyridine rings is 1. The lowest BCUT2D eigenvalue weighted by atomic mass is 10.2. The molecule has 2 aromatic rings. The minimum absolute atomic E-state index is 0.0745. The van der Waals surface area contributed by atoms with Crippen molar-refractivity contribution < 1.29 is 4.79 Å². The Morgan fingerprint density at radius 3 is 2.38 bits per heavy atom. The van der Waals surface area contributed by atoms with Gasteiger partial charge in [0.2, 0.25) is 0 Å². The summed E-state index contributed by atoms with van der Waals surface area (Å²) in [5, 5.41) is 0. The number of hydrogen-bond donors (Lipinski definition) is 0. The Balaban J connectivity index is 2.06. The van der Waals surface area contributed by atoms with Crippen molar-refractivity contribution in [3.05, 3.63) is 42.5 Å². The Bertz CT molecular complexity index is 583. The van der Waals surface area contributed by atoms with Gasteiger partial charge in [-0.2, -0.15) is 0 Å². The van der Waals surface area contributed by atoms with E-state index in [0.717, 1.165) is 12.1 Å². The van der Waals surface area contributed by atoms with E-state index in [1.807, 2.05) is 31.1 Å². The zero-order chi connectivity index (χ0) is 15.2. The second-order valence-corrected chi connectivity index (χ2v) is 5.07. The number of nitrogens with zero attached hydrogens (tertiary/aromatic N) is 5. The number of amides is 1. The Morgan fingerprint density at radius 1 is 1.10 bits per heavy atom. The maximum absolute atomic E-state index is 12.2. The van der Waals surface area contributed by atoms with Crippen LogP contribution < -0.4 is 0 Å². The van der Waals surface area contributed by atoms with Crippen LogP contribution in [0, 0.1) is 0 Å². The van der Waals surface area contributed by atoms with Crippen molar-refractivity contribution in [3.63, 3.8) is 0 Å². The highest BCUT2D eigenvalue weighted by molar-refractivity contribution is 5.93. The van der Waals surface area contributed by atoms with Gasteiger partial charge < -0.3 is 9.80 Å². The van der Waals surface area contributed by atoms with Gasteiger partial charge in [0.25, 0.3) is 5.91 Å². The van der Waals surface area contributed by atoms with Crippen LogP contribution in [0.2, 0.25) is 0 Å². The summed E-state index contributed by atoms with van der Waals surface area (Å²) in [6.45, 7) is 1.48. The van der Waals surface area contributed by atoms with Crippen LogP contribution in [0.15, 0.2) is 36.9 Å². The summed E-state index contributed by atoms with van der Waals surface area (Å²) >= 11 is 0. The highest BCUT2D eigenvalue weighted by Gasteiger charge is 2.13. The van der Waals surface area contributed by atoms with Gasteiger partial charge in [-0.3, -0.25) is 9.78 Å². The standard InChI is InChI=1S/C15H19N5O/c1-19(2)7-8-20(3)15(21)13-10-17-14(18-11-13)12-5-4-6-16-9-12/h4-6,9-11H,7-8H2,1-3H3. The van der Waals surface area contributed by atoms with E-state index in [4.69, 9.17) is 0 Å². The van der Waals surface area contributed by atoms with Crippen molar-refractivity contribution in [3.8, 4) is 11.4 Å². The molecular weight excluding hydrogens is 266 g/mol. The van der Waals surface area contributed by atoms with Crippen molar-refractivity contribution in [1.82, 2.24) is 24.8 Å². The molecule has 0 unspecified atom stereocenters. The van der Waals surface area contributed by atoms with E-state index in [-0.39, 0.29) is 5.91 Å². The van der Waals surface area contributed by atoms with E-state index in [0.29, 0.717) is 17.9 Å². The molecule has 110 valence electrons. The van der Waals surface area contributed by atoms with E-state index < -0.39 is 0 Å². The molecule has 0 aliphatic carbocycles. The SMILES string of the molecule is CN(C)CCN(C)C(=O)c1cnc(-c2cccnc2)nc1. The highest BCUT2D eigenvalue weighted by Crippen LogP contribution is 2.12. The summed E-state index contributed by atoms with van der Waals surface area (Å²) in [4.78, 5) is 28.4. The molecule has 6 nitrogen and oxygen atoms in total. The number of aromatic nitrogens is 3. The first-order valence-electron chi connectivity index (χ1n) is 6.70. The van der Waals surface area contributed by atoms with Crippen LogP contribution in [0.5, 0.6) is 0 Å². The maximum Gasteiger partial charge on any atom is 0.256 e. The number of likely N-dealkylation sites (N-methyl/N-ethyl adjacent to an activating group) is 2. The second-order valence-electron chi connectivity index (χ2n) is 5.07. The van der Waals surface area contributed by atoms with Gasteiger partial charge in [0.15, 0.2) is 5.82 Å². The van der Waals surface area contributed by atoms with Crippen LogP contribution in [-0.2, 0) is 0 Å². The van der Waals surface area contributed by atoms with Crippen LogP contribution in [0.1, 0.15) is 10.4 Å². The molecule has 0 N–H and O–H groups in total. The largest absolute Gasteiger partial charge is 0.340 e. The molecule has 6 heteroatoms. The average molecular weight is 285 g/mol. The Hall–Kier alpha value is -2.34. The molecule has 0 atom stereocenters. The number of rotatable bonds is 5. The molecular formula is C15H19N5O. The van der Waals surface area contributed by atoms with Crippen molar-refractivity contribution in [1.29, 1.82) is 0 Å². The molecule has 0 aromatic carbocycles.